The second-order valence-corrected chi connectivity index (χ2v) is 7.33. The first-order valence-electron chi connectivity index (χ1n) is 5.97. The topological polar surface area (TPSA) is 55.1 Å². The van der Waals surface area contributed by atoms with E-state index < -0.39 is 0 Å². The minimum absolute atomic E-state index is 0.0199. The molecule has 1 aromatic heterocycles. The van der Waals surface area contributed by atoms with Crippen molar-refractivity contribution in [2.75, 3.05) is 0 Å². The van der Waals surface area contributed by atoms with Gasteiger partial charge in [0.25, 0.3) is 5.91 Å². The molecule has 0 spiro atoms. The molecule has 2 unspecified atom stereocenters. The maximum absolute atomic E-state index is 12.0. The van der Waals surface area contributed by atoms with Crippen LogP contribution in [0, 0.1) is 2.88 Å². The first-order valence-corrected chi connectivity index (χ1v) is 7.93. The Morgan fingerprint density at radius 2 is 2.18 bits per heavy atom. The molecule has 94 valence electrons. The quantitative estimate of drug-likeness (QED) is 0.626. The molecule has 5 heteroatoms. The fourth-order valence-corrected chi connectivity index (χ4v) is 3.52. The van der Waals surface area contributed by atoms with Crippen LogP contribution >= 0.6 is 33.9 Å². The first kappa shape index (κ1) is 13.3. The zero-order valence-electron chi connectivity index (χ0n) is 9.62. The Morgan fingerprint density at radius 3 is 2.88 bits per heavy atom. The molecular formula is C12H17IN2OS. The molecule has 17 heavy (non-hydrogen) atoms. The molecule has 0 saturated heterocycles. The molecule has 2 atom stereocenters. The van der Waals surface area contributed by atoms with Gasteiger partial charge in [0.1, 0.15) is 0 Å². The Labute approximate surface area is 119 Å². The lowest BCUT2D eigenvalue weighted by Gasteiger charge is -2.22. The maximum Gasteiger partial charge on any atom is 0.252 e. The highest BCUT2D eigenvalue weighted by Gasteiger charge is 2.22. The summed E-state index contributed by atoms with van der Waals surface area (Å²) < 4.78 is 1.14. The van der Waals surface area contributed by atoms with E-state index in [1.807, 2.05) is 11.4 Å². The van der Waals surface area contributed by atoms with Crippen LogP contribution in [0.15, 0.2) is 11.4 Å². The van der Waals surface area contributed by atoms with Crippen LogP contribution in [0.5, 0.6) is 0 Å². The van der Waals surface area contributed by atoms with Crippen molar-refractivity contribution in [3.05, 3.63) is 19.9 Å². The third-order valence-electron chi connectivity index (χ3n) is 3.22. The van der Waals surface area contributed by atoms with E-state index in [2.05, 4.69) is 27.9 Å². The molecule has 1 aliphatic rings. The first-order chi connectivity index (χ1) is 8.16. The van der Waals surface area contributed by atoms with Crippen LogP contribution in [0.25, 0.3) is 0 Å². The highest BCUT2D eigenvalue weighted by molar-refractivity contribution is 14.1. The van der Waals surface area contributed by atoms with Crippen molar-refractivity contribution in [1.29, 1.82) is 0 Å². The molecule has 3 N–H and O–H groups in total. The van der Waals surface area contributed by atoms with E-state index in [4.69, 9.17) is 5.73 Å². The van der Waals surface area contributed by atoms with E-state index >= 15 is 0 Å². The Bertz CT molecular complexity index is 394. The number of amides is 1. The fraction of sp³-hybridized carbons (Fsp3) is 0.583. The van der Waals surface area contributed by atoms with Crippen molar-refractivity contribution in [2.24, 2.45) is 5.73 Å². The van der Waals surface area contributed by atoms with Gasteiger partial charge in [-0.2, -0.15) is 0 Å². The van der Waals surface area contributed by atoms with E-state index in [1.54, 1.807) is 11.3 Å². The summed E-state index contributed by atoms with van der Waals surface area (Å²) in [6.45, 7) is 0. The molecule has 1 aromatic rings. The van der Waals surface area contributed by atoms with Crippen LogP contribution < -0.4 is 11.1 Å². The number of nitrogens with one attached hydrogen (secondary N) is 1. The van der Waals surface area contributed by atoms with E-state index in [0.29, 0.717) is 0 Å². The predicted molar refractivity (Wildman–Crippen MR) is 79.4 cm³/mol. The Morgan fingerprint density at radius 1 is 1.41 bits per heavy atom. The summed E-state index contributed by atoms with van der Waals surface area (Å²) >= 11 is 3.82. The molecule has 0 aliphatic heterocycles. The molecule has 0 radical (unpaired) electrons. The standard InChI is InChI=1S/C12H17IN2OS/c13-11-6-8(7-17-11)12(16)15-10-5-3-1-2-4-9(10)14/h6-7,9-10H,1-5,14H2,(H,15,16). The third kappa shape index (κ3) is 3.66. The van der Waals surface area contributed by atoms with Crippen molar-refractivity contribution < 1.29 is 4.79 Å². The van der Waals surface area contributed by atoms with Crippen molar-refractivity contribution in [2.45, 2.75) is 44.2 Å². The largest absolute Gasteiger partial charge is 0.348 e. The lowest BCUT2D eigenvalue weighted by molar-refractivity contribution is 0.0929. The summed E-state index contributed by atoms with van der Waals surface area (Å²) in [4.78, 5) is 12.0. The van der Waals surface area contributed by atoms with Gasteiger partial charge in [0.05, 0.1) is 8.45 Å². The molecule has 1 heterocycles. The SMILES string of the molecule is NC1CCCCCC1NC(=O)c1csc(I)c1. The zero-order valence-corrected chi connectivity index (χ0v) is 12.6. The number of carbonyl (C=O) groups is 1. The lowest BCUT2D eigenvalue weighted by Crippen LogP contribution is -2.46. The molecule has 2 rings (SSSR count). The zero-order chi connectivity index (χ0) is 12.3. The van der Waals surface area contributed by atoms with Gasteiger partial charge in [-0.05, 0) is 41.5 Å². The summed E-state index contributed by atoms with van der Waals surface area (Å²) in [6, 6.07) is 2.17. The van der Waals surface area contributed by atoms with Gasteiger partial charge >= 0.3 is 0 Å². The molecule has 1 saturated carbocycles. The number of hydrogen-bond acceptors (Lipinski definition) is 3. The number of rotatable bonds is 2. The number of thiophene rings is 1. The van der Waals surface area contributed by atoms with Gasteiger partial charge in [0.15, 0.2) is 0 Å². The van der Waals surface area contributed by atoms with Crippen LogP contribution in [0.4, 0.5) is 0 Å². The minimum Gasteiger partial charge on any atom is -0.348 e. The predicted octanol–water partition coefficient (Wildman–Crippen LogP) is 2.74. The summed E-state index contributed by atoms with van der Waals surface area (Å²) in [6.07, 6.45) is 5.61. The average molecular weight is 364 g/mol. The number of halogens is 1. The lowest BCUT2D eigenvalue weighted by atomic mass is 10.0. The molecule has 1 fully saturated rings. The highest BCUT2D eigenvalue weighted by Crippen LogP contribution is 2.19. The van der Waals surface area contributed by atoms with Gasteiger partial charge in [0, 0.05) is 17.5 Å². The van der Waals surface area contributed by atoms with Gasteiger partial charge in [-0.1, -0.05) is 19.3 Å². The molecule has 0 bridgehead atoms. The van der Waals surface area contributed by atoms with Crippen LogP contribution in [0.3, 0.4) is 0 Å². The second kappa shape index (κ2) is 6.15. The maximum atomic E-state index is 12.0. The number of carbonyl (C=O) groups excluding carboxylic acids is 1. The molecule has 0 aromatic carbocycles. The average Bonchev–Trinajstić information content (AvgIpc) is 2.63. The Kier molecular flexibility index (Phi) is 4.81. The third-order valence-corrected chi connectivity index (χ3v) is 5.00. The molecule has 1 amide bonds. The summed E-state index contributed by atoms with van der Waals surface area (Å²) in [5.41, 5.74) is 6.86. The summed E-state index contributed by atoms with van der Waals surface area (Å²) in [5.74, 6) is 0.0199. The van der Waals surface area contributed by atoms with Crippen molar-refractivity contribution in [3.8, 4) is 0 Å². The summed E-state index contributed by atoms with van der Waals surface area (Å²) in [5, 5.41) is 4.98. The summed E-state index contributed by atoms with van der Waals surface area (Å²) in [7, 11) is 0. The molecule has 3 nitrogen and oxygen atoms in total. The van der Waals surface area contributed by atoms with Gasteiger partial charge in [0.2, 0.25) is 0 Å². The molecule has 1 aliphatic carbocycles. The van der Waals surface area contributed by atoms with Crippen molar-refractivity contribution in [1.82, 2.24) is 5.32 Å². The van der Waals surface area contributed by atoms with E-state index in [-0.39, 0.29) is 18.0 Å². The smallest absolute Gasteiger partial charge is 0.252 e. The van der Waals surface area contributed by atoms with Gasteiger partial charge < -0.3 is 11.1 Å². The number of hydrogen-bond donors (Lipinski definition) is 2. The monoisotopic (exact) mass is 364 g/mol. The van der Waals surface area contributed by atoms with Crippen LogP contribution in [-0.4, -0.2) is 18.0 Å². The Hall–Kier alpha value is -0.140. The highest BCUT2D eigenvalue weighted by atomic mass is 127. The van der Waals surface area contributed by atoms with E-state index in [1.165, 1.54) is 19.3 Å². The van der Waals surface area contributed by atoms with E-state index in [9.17, 15) is 4.79 Å². The minimum atomic E-state index is 0.0199. The van der Waals surface area contributed by atoms with E-state index in [0.717, 1.165) is 21.3 Å². The van der Waals surface area contributed by atoms with Gasteiger partial charge in [-0.25, -0.2) is 0 Å². The van der Waals surface area contributed by atoms with Crippen LogP contribution in [0.2, 0.25) is 0 Å². The Balaban J connectivity index is 1.97. The molecular weight excluding hydrogens is 347 g/mol. The number of nitrogens with two attached hydrogens (primary N) is 1. The van der Waals surface area contributed by atoms with Gasteiger partial charge in [-0.3, -0.25) is 4.79 Å². The second-order valence-electron chi connectivity index (χ2n) is 4.52. The van der Waals surface area contributed by atoms with Crippen LogP contribution in [-0.2, 0) is 0 Å². The van der Waals surface area contributed by atoms with Crippen molar-refractivity contribution in [3.63, 3.8) is 0 Å². The fourth-order valence-electron chi connectivity index (χ4n) is 2.20. The van der Waals surface area contributed by atoms with Crippen LogP contribution in [0.1, 0.15) is 42.5 Å². The normalized spacial score (nSPS) is 25.3. The van der Waals surface area contributed by atoms with Crippen molar-refractivity contribution >= 4 is 39.8 Å². The van der Waals surface area contributed by atoms with Gasteiger partial charge in [-0.15, -0.1) is 11.3 Å².